The molecule has 2 rings (SSSR count). The molecule has 2 saturated carbocycles. The number of hydrogen-bond donors (Lipinski definition) is 2. The second-order valence-electron chi connectivity index (χ2n) is 4.96. The second-order valence-corrected chi connectivity index (χ2v) is 4.96. The molecule has 2 fully saturated rings. The molecule has 3 nitrogen and oxygen atoms in total. The Morgan fingerprint density at radius 2 is 1.80 bits per heavy atom. The van der Waals surface area contributed by atoms with Crippen LogP contribution in [0.5, 0.6) is 0 Å². The van der Waals surface area contributed by atoms with Crippen LogP contribution in [0.3, 0.4) is 0 Å². The number of carbonyl (C=O) groups is 1. The van der Waals surface area contributed by atoms with Crippen molar-refractivity contribution in [2.45, 2.75) is 51.0 Å². The molecule has 15 heavy (non-hydrogen) atoms. The van der Waals surface area contributed by atoms with E-state index in [4.69, 9.17) is 0 Å². The molecule has 2 N–H and O–H groups in total. The molecule has 86 valence electrons. The Bertz CT molecular complexity index is 208. The first-order chi connectivity index (χ1) is 7.34. The third-order valence-corrected chi connectivity index (χ3v) is 3.44. The molecule has 0 aromatic heterocycles. The Hall–Kier alpha value is -0.570. The molecule has 0 saturated heterocycles. The number of carbonyl (C=O) groups excluding carboxylic acids is 1. The Labute approximate surface area is 92.0 Å². The lowest BCUT2D eigenvalue weighted by atomic mass is 9.95. The van der Waals surface area contributed by atoms with Crippen LogP contribution in [0.25, 0.3) is 0 Å². The summed E-state index contributed by atoms with van der Waals surface area (Å²) in [4.78, 5) is 11.4. The fraction of sp³-hybridized carbons (Fsp3) is 0.917. The van der Waals surface area contributed by atoms with E-state index in [0.29, 0.717) is 12.6 Å². The molecule has 0 aromatic carbocycles. The molecule has 1 amide bonds. The summed E-state index contributed by atoms with van der Waals surface area (Å²) in [6, 6.07) is 0.588. The number of hydrogen-bond acceptors (Lipinski definition) is 2. The van der Waals surface area contributed by atoms with E-state index in [0.717, 1.165) is 12.5 Å². The maximum atomic E-state index is 11.4. The first-order valence-electron chi connectivity index (χ1n) is 6.34. The van der Waals surface area contributed by atoms with E-state index in [2.05, 4.69) is 10.6 Å². The predicted molar refractivity (Wildman–Crippen MR) is 60.6 cm³/mol. The Balaban J connectivity index is 1.53. The van der Waals surface area contributed by atoms with Crippen molar-refractivity contribution in [3.63, 3.8) is 0 Å². The predicted octanol–water partition coefficient (Wildman–Crippen LogP) is 1.43. The van der Waals surface area contributed by atoms with Crippen LogP contribution in [-0.2, 0) is 4.79 Å². The number of rotatable bonds is 5. The molecule has 0 bridgehead atoms. The van der Waals surface area contributed by atoms with E-state index < -0.39 is 0 Å². The summed E-state index contributed by atoms with van der Waals surface area (Å²) in [5, 5.41) is 6.34. The summed E-state index contributed by atoms with van der Waals surface area (Å²) in [7, 11) is 0. The van der Waals surface area contributed by atoms with Crippen molar-refractivity contribution in [1.29, 1.82) is 0 Å². The average molecular weight is 210 g/mol. The first kappa shape index (κ1) is 10.9. The minimum Gasteiger partial charge on any atom is -0.355 e. The Morgan fingerprint density at radius 1 is 1.07 bits per heavy atom. The highest BCUT2D eigenvalue weighted by Crippen LogP contribution is 2.27. The first-order valence-corrected chi connectivity index (χ1v) is 6.34. The minimum absolute atomic E-state index is 0.174. The van der Waals surface area contributed by atoms with Crippen molar-refractivity contribution in [2.75, 3.05) is 13.1 Å². The van der Waals surface area contributed by atoms with Gasteiger partial charge in [-0.1, -0.05) is 19.3 Å². The average Bonchev–Trinajstić information content (AvgIpc) is 3.09. The molecule has 2 aliphatic rings. The van der Waals surface area contributed by atoms with Crippen molar-refractivity contribution in [2.24, 2.45) is 5.92 Å². The van der Waals surface area contributed by atoms with Gasteiger partial charge in [0.1, 0.15) is 0 Å². The highest BCUT2D eigenvalue weighted by molar-refractivity contribution is 5.78. The largest absolute Gasteiger partial charge is 0.355 e. The highest BCUT2D eigenvalue weighted by atomic mass is 16.1. The van der Waals surface area contributed by atoms with Crippen LogP contribution in [0.2, 0.25) is 0 Å². The van der Waals surface area contributed by atoms with Gasteiger partial charge >= 0.3 is 0 Å². The van der Waals surface area contributed by atoms with Crippen molar-refractivity contribution in [1.82, 2.24) is 10.6 Å². The molecule has 2 aliphatic carbocycles. The zero-order valence-electron chi connectivity index (χ0n) is 9.43. The molecule has 0 radical (unpaired) electrons. The lowest BCUT2D eigenvalue weighted by molar-refractivity contribution is -0.120. The molecule has 0 aliphatic heterocycles. The summed E-state index contributed by atoms with van der Waals surface area (Å²) < 4.78 is 0. The van der Waals surface area contributed by atoms with Gasteiger partial charge in [0.2, 0.25) is 5.91 Å². The van der Waals surface area contributed by atoms with Crippen LogP contribution >= 0.6 is 0 Å². The van der Waals surface area contributed by atoms with E-state index in [9.17, 15) is 4.79 Å². The van der Waals surface area contributed by atoms with Gasteiger partial charge in [0.05, 0.1) is 6.54 Å². The van der Waals surface area contributed by atoms with Crippen LogP contribution in [0.4, 0.5) is 0 Å². The van der Waals surface area contributed by atoms with Crippen LogP contribution in [0, 0.1) is 5.92 Å². The van der Waals surface area contributed by atoms with Crippen molar-refractivity contribution in [3.05, 3.63) is 0 Å². The molecular weight excluding hydrogens is 188 g/mol. The quantitative estimate of drug-likeness (QED) is 0.721. The van der Waals surface area contributed by atoms with E-state index in [1.165, 1.54) is 44.9 Å². The third-order valence-electron chi connectivity index (χ3n) is 3.44. The number of amides is 1. The van der Waals surface area contributed by atoms with Crippen LogP contribution < -0.4 is 10.6 Å². The van der Waals surface area contributed by atoms with Gasteiger partial charge < -0.3 is 10.6 Å². The molecule has 0 heterocycles. The van der Waals surface area contributed by atoms with Gasteiger partial charge in [-0.3, -0.25) is 4.79 Å². The lowest BCUT2D eigenvalue weighted by Crippen LogP contribution is -2.40. The van der Waals surface area contributed by atoms with Crippen molar-refractivity contribution >= 4 is 5.91 Å². The lowest BCUT2D eigenvalue weighted by Gasteiger charge is -2.22. The van der Waals surface area contributed by atoms with Gasteiger partial charge in [-0.25, -0.2) is 0 Å². The molecule has 0 atom stereocenters. The van der Waals surface area contributed by atoms with E-state index in [1.807, 2.05) is 0 Å². The van der Waals surface area contributed by atoms with Gasteiger partial charge in [0, 0.05) is 12.6 Å². The topological polar surface area (TPSA) is 41.1 Å². The molecule has 3 heteroatoms. The normalized spacial score (nSPS) is 22.7. The van der Waals surface area contributed by atoms with Gasteiger partial charge in [-0.15, -0.1) is 0 Å². The van der Waals surface area contributed by atoms with Gasteiger partial charge in [0.25, 0.3) is 0 Å². The fourth-order valence-electron chi connectivity index (χ4n) is 2.19. The van der Waals surface area contributed by atoms with Crippen molar-refractivity contribution < 1.29 is 4.79 Å². The molecule has 0 unspecified atom stereocenters. The van der Waals surface area contributed by atoms with Crippen molar-refractivity contribution in [3.8, 4) is 0 Å². The number of nitrogens with one attached hydrogen (secondary N) is 2. The summed E-state index contributed by atoms with van der Waals surface area (Å²) in [5.41, 5.74) is 0. The fourth-order valence-corrected chi connectivity index (χ4v) is 2.19. The summed E-state index contributed by atoms with van der Waals surface area (Å²) in [5.74, 6) is 0.955. The summed E-state index contributed by atoms with van der Waals surface area (Å²) in [6.07, 6.45) is 9.10. The molecule has 0 aromatic rings. The van der Waals surface area contributed by atoms with E-state index >= 15 is 0 Å². The monoisotopic (exact) mass is 210 g/mol. The van der Waals surface area contributed by atoms with Gasteiger partial charge in [-0.2, -0.15) is 0 Å². The van der Waals surface area contributed by atoms with Crippen LogP contribution in [0.15, 0.2) is 0 Å². The standard InChI is InChI=1S/C12H22N2O/c15-12(14-8-10-6-7-10)9-13-11-4-2-1-3-5-11/h10-11,13H,1-9H2,(H,14,15). The van der Waals surface area contributed by atoms with E-state index in [1.54, 1.807) is 0 Å². The van der Waals surface area contributed by atoms with Crippen LogP contribution in [-0.4, -0.2) is 25.0 Å². The molecular formula is C12H22N2O. The Kier molecular flexibility index (Phi) is 4.01. The second kappa shape index (κ2) is 5.50. The van der Waals surface area contributed by atoms with Gasteiger partial charge in [0.15, 0.2) is 0 Å². The maximum Gasteiger partial charge on any atom is 0.233 e. The maximum absolute atomic E-state index is 11.4. The molecule has 0 spiro atoms. The summed E-state index contributed by atoms with van der Waals surface area (Å²) >= 11 is 0. The zero-order valence-corrected chi connectivity index (χ0v) is 9.43. The zero-order chi connectivity index (χ0) is 10.5. The minimum atomic E-state index is 0.174. The summed E-state index contributed by atoms with van der Waals surface area (Å²) in [6.45, 7) is 1.41. The smallest absolute Gasteiger partial charge is 0.233 e. The third kappa shape index (κ3) is 4.20. The Morgan fingerprint density at radius 3 is 2.47 bits per heavy atom. The van der Waals surface area contributed by atoms with Crippen LogP contribution in [0.1, 0.15) is 44.9 Å². The van der Waals surface area contributed by atoms with Gasteiger partial charge in [-0.05, 0) is 31.6 Å². The van der Waals surface area contributed by atoms with E-state index in [-0.39, 0.29) is 5.91 Å². The SMILES string of the molecule is O=C(CNC1CCCCC1)NCC1CC1. The highest BCUT2D eigenvalue weighted by Gasteiger charge is 2.21.